The van der Waals surface area contributed by atoms with Gasteiger partial charge in [0.15, 0.2) is 17.9 Å². The van der Waals surface area contributed by atoms with Crippen LogP contribution in [-0.4, -0.2) is 187 Å². The minimum atomic E-state index is -1.41. The van der Waals surface area contributed by atoms with E-state index in [4.69, 9.17) is 57.6 Å². The lowest BCUT2D eigenvalue weighted by molar-refractivity contribution is -0.135. The summed E-state index contributed by atoms with van der Waals surface area (Å²) < 4.78 is 1.87. The third kappa shape index (κ3) is 31.2. The maximum absolute atomic E-state index is 14.3. The van der Waals surface area contributed by atoms with Crippen molar-refractivity contribution in [2.75, 3.05) is 51.7 Å². The second-order valence-corrected chi connectivity index (χ2v) is 23.8. The third-order valence-electron chi connectivity index (χ3n) is 13.9. The Hall–Kier alpha value is -9.41. The van der Waals surface area contributed by atoms with Gasteiger partial charge < -0.3 is 97.5 Å². The van der Waals surface area contributed by atoms with Crippen LogP contribution in [0.1, 0.15) is 95.5 Å². The van der Waals surface area contributed by atoms with Gasteiger partial charge >= 0.3 is 0 Å². The van der Waals surface area contributed by atoms with Crippen molar-refractivity contribution in [3.63, 3.8) is 0 Å². The van der Waals surface area contributed by atoms with Gasteiger partial charge in [-0.05, 0) is 126 Å². The molecule has 1 aromatic heterocycles. The molecule has 33 nitrogen and oxygen atoms in total. The minimum absolute atomic E-state index is 0.0234. The van der Waals surface area contributed by atoms with E-state index in [-0.39, 0.29) is 125 Å². The molecule has 24 N–H and O–H groups in total. The van der Waals surface area contributed by atoms with E-state index in [0.717, 1.165) is 5.69 Å². The normalized spacial score (nSPS) is 13.3. The van der Waals surface area contributed by atoms with Crippen molar-refractivity contribution < 1.29 is 52.7 Å². The number of rotatable bonds is 42. The number of nitrogens with two attached hydrogens (primary N) is 6. The average Bonchev–Trinajstić information content (AvgIpc) is 1.39. The van der Waals surface area contributed by atoms with E-state index in [1.54, 1.807) is 44.2 Å². The number of hydrogen-bond donors (Lipinski definition) is 19. The van der Waals surface area contributed by atoms with Gasteiger partial charge in [0.1, 0.15) is 48.3 Å². The van der Waals surface area contributed by atoms with Crippen LogP contribution in [0.5, 0.6) is 0 Å². The summed E-state index contributed by atoms with van der Waals surface area (Å²) in [5.74, 6) is -8.80. The summed E-state index contributed by atoms with van der Waals surface area (Å²) >= 11 is 16.2. The summed E-state index contributed by atoms with van der Waals surface area (Å²) in [4.78, 5) is 162. The van der Waals surface area contributed by atoms with Crippen molar-refractivity contribution in [3.8, 4) is 5.69 Å². The van der Waals surface area contributed by atoms with Gasteiger partial charge in [0.2, 0.25) is 59.1 Å². The molecule has 3 rings (SSSR count). The first-order valence-electron chi connectivity index (χ1n) is 30.9. The fraction of sp³-hybridized carbons (Fsp3) is 0.500. The summed E-state index contributed by atoms with van der Waals surface area (Å²) in [5, 5.41) is 32.0. The molecule has 0 aliphatic carbocycles. The zero-order chi connectivity index (χ0) is 71.4. The second-order valence-electron chi connectivity index (χ2n) is 22.5. The lowest BCUT2D eigenvalue weighted by Gasteiger charge is -2.27. The molecule has 0 aliphatic rings. The topological polar surface area (TPSA) is 530 Å². The largest absolute Gasteiger partial charge is 0.370 e. The summed E-state index contributed by atoms with van der Waals surface area (Å²) in [6, 6.07) is 4.79. The number of nitrogens with one attached hydrogen (secondary N) is 12. The predicted octanol–water partition coefficient (Wildman–Crippen LogP) is -3.39. The van der Waals surface area contributed by atoms with Crippen LogP contribution in [0.4, 0.5) is 0 Å². The molecule has 11 amide bonds. The molecule has 3 aromatic rings. The molecule has 0 spiro atoms. The van der Waals surface area contributed by atoms with Crippen LogP contribution >= 0.6 is 35.8 Å². The molecule has 8 atom stereocenters. The molecule has 0 unspecified atom stereocenters. The molecule has 1 heterocycles. The number of carbonyl (C=O) groups is 11. The molecule has 0 fully saturated rings. The fourth-order valence-electron chi connectivity index (χ4n) is 8.95. The van der Waals surface area contributed by atoms with Gasteiger partial charge in [-0.15, -0.1) is 0 Å². The molecule has 0 bridgehead atoms. The number of amides is 11. The number of hydrogen-bond acceptors (Lipinski definition) is 16. The van der Waals surface area contributed by atoms with Crippen molar-refractivity contribution in [2.24, 2.45) is 55.3 Å². The number of guanidine groups is 3. The van der Waals surface area contributed by atoms with E-state index in [1.165, 1.54) is 32.9 Å². The highest BCUT2D eigenvalue weighted by molar-refractivity contribution is 7.80. The second kappa shape index (κ2) is 42.8. The van der Waals surface area contributed by atoms with Gasteiger partial charge in [-0.3, -0.25) is 73.0 Å². The Morgan fingerprint density at radius 2 is 0.958 bits per heavy atom. The van der Waals surface area contributed by atoms with Gasteiger partial charge in [0, 0.05) is 62.1 Å². The van der Waals surface area contributed by atoms with E-state index in [1.807, 2.05) is 29.1 Å². The van der Waals surface area contributed by atoms with Crippen LogP contribution in [0.25, 0.3) is 5.69 Å². The number of benzene rings is 2. The molecule has 528 valence electrons. The maximum atomic E-state index is 14.3. The lowest BCUT2D eigenvalue weighted by Crippen LogP contribution is -2.60. The third-order valence-corrected chi connectivity index (χ3v) is 14.9. The van der Waals surface area contributed by atoms with Crippen molar-refractivity contribution in [1.29, 1.82) is 0 Å². The Kier molecular flexibility index (Phi) is 36.1. The first-order chi connectivity index (χ1) is 45.5. The summed E-state index contributed by atoms with van der Waals surface area (Å²) in [6.07, 6.45) is 3.79. The standard InChI is InChI=1S/C60H92Cl2N22O11S/c1-33(2)27-45(56(94)81-44(13-10-22-73-60(67)68)55(93)83-46(57(95)78-34(3)49(87)70-23-26-96)30-69-32-75-52(90)38-15-17-39(18-16-38)84-24-6-7-25-84)82-51(89)36(5)77-48(86)31-74-53(91)42(11-8-20-71-58(63)64)80-54(92)43(12-9-21-72-59(65)66)79-50(88)35(4)76-47(85)29-37-14-19-40(61)41(62)28-37/h6-7,14-19,24-25,28,33-36,42-46,69,96H,8-13,20-23,26-27,29-32H2,1-5H3,(H,70,87)(H,74,91)(H,75,90)(H,76,85)(H,77,86)(H,78,95)(H,79,88)(H,80,92)(H,81,94)(H,82,89)(H,83,93)(H4,63,64,71)(H4,65,66,72)(H4,67,68,73)/t34-,35-,36-,42-,43-,44-,45-,46-/m0/s1. The molecule has 36 heteroatoms. The van der Waals surface area contributed by atoms with Crippen LogP contribution in [0.15, 0.2) is 82.0 Å². The number of halogens is 2. The van der Waals surface area contributed by atoms with Crippen LogP contribution in [0, 0.1) is 5.92 Å². The van der Waals surface area contributed by atoms with Gasteiger partial charge in [0.05, 0.1) is 29.7 Å². The highest BCUT2D eigenvalue weighted by Crippen LogP contribution is 2.23. The minimum Gasteiger partial charge on any atom is -0.370 e. The van der Waals surface area contributed by atoms with E-state index < -0.39 is 120 Å². The van der Waals surface area contributed by atoms with Crippen LogP contribution < -0.4 is 98.2 Å². The van der Waals surface area contributed by atoms with E-state index in [2.05, 4.69) is 91.4 Å². The van der Waals surface area contributed by atoms with Crippen LogP contribution in [0.3, 0.4) is 0 Å². The molecule has 0 saturated heterocycles. The molecular formula is C60H92Cl2N22O11S. The fourth-order valence-corrected chi connectivity index (χ4v) is 9.38. The Bertz CT molecular complexity index is 3180. The molecule has 0 aliphatic heterocycles. The molecular weight excluding hydrogens is 1310 g/mol. The highest BCUT2D eigenvalue weighted by Gasteiger charge is 2.33. The Morgan fingerprint density at radius 1 is 0.500 bits per heavy atom. The van der Waals surface area contributed by atoms with Gasteiger partial charge in [-0.1, -0.05) is 43.1 Å². The van der Waals surface area contributed by atoms with E-state index in [9.17, 15) is 52.7 Å². The van der Waals surface area contributed by atoms with E-state index >= 15 is 0 Å². The number of aliphatic imine (C=N–C) groups is 3. The Balaban J connectivity index is 1.76. The number of thiol groups is 1. The van der Waals surface area contributed by atoms with Crippen LogP contribution in [-0.2, 0) is 54.4 Å². The Morgan fingerprint density at radius 3 is 1.46 bits per heavy atom. The van der Waals surface area contributed by atoms with Crippen molar-refractivity contribution in [3.05, 3.63) is 88.2 Å². The zero-order valence-corrected chi connectivity index (χ0v) is 56.7. The summed E-state index contributed by atoms with van der Waals surface area (Å²) in [7, 11) is 0. The molecule has 0 saturated carbocycles. The quantitative estimate of drug-likeness (QED) is 0.00865. The number of nitrogens with zero attached hydrogens (tertiary/aromatic N) is 4. The molecule has 96 heavy (non-hydrogen) atoms. The van der Waals surface area contributed by atoms with Gasteiger partial charge in [-0.25, -0.2) is 0 Å². The maximum Gasteiger partial charge on any atom is 0.252 e. The summed E-state index contributed by atoms with van der Waals surface area (Å²) in [5.41, 5.74) is 34.8. The first kappa shape index (κ1) is 80.8. The smallest absolute Gasteiger partial charge is 0.252 e. The number of carbonyl (C=O) groups excluding carboxylic acids is 11. The van der Waals surface area contributed by atoms with Crippen molar-refractivity contribution in [2.45, 2.75) is 134 Å². The molecule has 2 aromatic carbocycles. The Labute approximate surface area is 572 Å². The van der Waals surface area contributed by atoms with Crippen LogP contribution in [0.2, 0.25) is 10.0 Å². The monoisotopic (exact) mass is 1400 g/mol. The van der Waals surface area contributed by atoms with Gasteiger partial charge in [-0.2, -0.15) is 12.6 Å². The zero-order valence-electron chi connectivity index (χ0n) is 54.3. The predicted molar refractivity (Wildman–Crippen MR) is 368 cm³/mol. The SMILES string of the molecule is CC(C)C[C@H](NC(=O)[C@H](C)NC(=O)CNC(=O)[C@H](CCCN=C(N)N)NC(=O)[C@H](CCCN=C(N)N)NC(=O)[C@H](C)NC(=O)Cc1ccc(Cl)c(Cl)c1)C(=O)N[C@@H](CCCN=C(N)N)C(=O)N[C@@H](CNCNC(=O)c1ccc(-n2cccc2)cc1)C(=O)N[C@@H](C)C(=O)NCCS. The average molecular weight is 1400 g/mol. The number of aromatic nitrogens is 1. The van der Waals surface area contributed by atoms with Crippen molar-refractivity contribution >= 4 is 119 Å². The highest BCUT2D eigenvalue weighted by atomic mass is 35.5. The lowest BCUT2D eigenvalue weighted by atomic mass is 10.0. The molecule has 0 radical (unpaired) electrons. The first-order valence-corrected chi connectivity index (χ1v) is 32.3. The van der Waals surface area contributed by atoms with E-state index in [0.29, 0.717) is 16.9 Å². The summed E-state index contributed by atoms with van der Waals surface area (Å²) in [6.45, 7) is 6.82. The van der Waals surface area contributed by atoms with Crippen molar-refractivity contribution in [1.82, 2.24) is 68.4 Å². The van der Waals surface area contributed by atoms with Gasteiger partial charge in [0.25, 0.3) is 5.91 Å².